The van der Waals surface area contributed by atoms with E-state index in [-0.39, 0.29) is 16.4 Å². The van der Waals surface area contributed by atoms with E-state index in [4.69, 9.17) is 9.15 Å². The van der Waals surface area contributed by atoms with E-state index >= 15 is 0 Å². The van der Waals surface area contributed by atoms with Crippen LogP contribution in [0.15, 0.2) is 52.9 Å². The molecule has 0 bridgehead atoms. The zero-order valence-electron chi connectivity index (χ0n) is 16.2. The number of benzene rings is 2. The second-order valence-corrected chi connectivity index (χ2v) is 8.50. The highest BCUT2D eigenvalue weighted by atomic mass is 32.2. The summed E-state index contributed by atoms with van der Waals surface area (Å²) in [6.07, 6.45) is 2.59. The van der Waals surface area contributed by atoms with E-state index < -0.39 is 6.04 Å². The van der Waals surface area contributed by atoms with Crippen LogP contribution in [0.2, 0.25) is 0 Å². The molecule has 1 unspecified atom stereocenters. The second-order valence-electron chi connectivity index (χ2n) is 7.52. The maximum atomic E-state index is 11.7. The Hall–Kier alpha value is -3.00. The number of ether oxygens (including phenoxy) is 1. The van der Waals surface area contributed by atoms with Crippen LogP contribution in [-0.2, 0) is 11.2 Å². The Balaban J connectivity index is 1.20. The largest absolute Gasteiger partial charge is 0.491 e. The molecule has 2 atom stereocenters. The van der Waals surface area contributed by atoms with Crippen molar-refractivity contribution in [3.8, 4) is 5.75 Å². The van der Waals surface area contributed by atoms with Crippen molar-refractivity contribution in [2.75, 3.05) is 18.1 Å². The topological polar surface area (TPSA) is 84.7 Å². The predicted octanol–water partition coefficient (Wildman–Crippen LogP) is 3.77. The molecular formula is C22H21N3O4S. The molecule has 5 rings (SSSR count). The van der Waals surface area contributed by atoms with E-state index in [0.717, 1.165) is 53.6 Å². The maximum Gasteiger partial charge on any atom is 0.298 e. The van der Waals surface area contributed by atoms with Gasteiger partial charge in [-0.1, -0.05) is 24.3 Å². The SMILES string of the molecule is O=C1NC(Cc2ccc(OC[C@@H]3CCCN3c3nc4ccccc4o3)cc2)C(=O)S1. The third kappa shape index (κ3) is 3.87. The average Bonchev–Trinajstić information content (AvgIpc) is 3.45. The Labute approximate surface area is 177 Å². The van der Waals surface area contributed by atoms with Crippen molar-refractivity contribution in [1.82, 2.24) is 10.3 Å². The number of carbonyl (C=O) groups is 2. The van der Waals surface area contributed by atoms with Gasteiger partial charge in [0.1, 0.15) is 23.9 Å². The van der Waals surface area contributed by atoms with Gasteiger partial charge in [0.05, 0.1) is 6.04 Å². The van der Waals surface area contributed by atoms with E-state index in [9.17, 15) is 9.59 Å². The van der Waals surface area contributed by atoms with Gasteiger partial charge in [0.15, 0.2) is 5.58 Å². The number of rotatable bonds is 6. The van der Waals surface area contributed by atoms with Crippen LogP contribution in [0.4, 0.5) is 10.8 Å². The van der Waals surface area contributed by atoms with Crippen molar-refractivity contribution < 1.29 is 18.7 Å². The molecule has 0 radical (unpaired) electrons. The van der Waals surface area contributed by atoms with E-state index in [0.29, 0.717) is 19.0 Å². The molecule has 2 aliphatic heterocycles. The minimum absolute atomic E-state index is 0.124. The summed E-state index contributed by atoms with van der Waals surface area (Å²) >= 11 is 0.742. The second kappa shape index (κ2) is 8.02. The molecule has 30 heavy (non-hydrogen) atoms. The highest BCUT2D eigenvalue weighted by molar-refractivity contribution is 8.26. The molecule has 3 heterocycles. The molecule has 3 aromatic rings. The number of nitrogens with zero attached hydrogens (tertiary/aromatic N) is 2. The van der Waals surface area contributed by atoms with Crippen molar-refractivity contribution in [2.45, 2.75) is 31.3 Å². The Morgan fingerprint density at radius 2 is 2.00 bits per heavy atom. The van der Waals surface area contributed by atoms with Crippen molar-refractivity contribution in [2.24, 2.45) is 0 Å². The number of fused-ring (bicyclic) bond motifs is 1. The number of nitrogens with one attached hydrogen (secondary N) is 1. The van der Waals surface area contributed by atoms with Crippen LogP contribution in [0, 0.1) is 0 Å². The first-order valence-corrected chi connectivity index (χ1v) is 10.8. The van der Waals surface area contributed by atoms with Crippen LogP contribution >= 0.6 is 11.8 Å². The fourth-order valence-corrected chi connectivity index (χ4v) is 4.59. The van der Waals surface area contributed by atoms with E-state index in [1.54, 1.807) is 0 Å². The first kappa shape index (κ1) is 19.0. The summed E-state index contributed by atoms with van der Waals surface area (Å²) in [6, 6.07) is 15.9. The number of para-hydroxylation sites is 2. The van der Waals surface area contributed by atoms with Gasteiger partial charge in [0.25, 0.3) is 11.3 Å². The molecule has 0 saturated carbocycles. The minimum atomic E-state index is -0.447. The summed E-state index contributed by atoms with van der Waals surface area (Å²) in [7, 11) is 0. The summed E-state index contributed by atoms with van der Waals surface area (Å²) < 4.78 is 12.0. The molecule has 7 nitrogen and oxygen atoms in total. The van der Waals surface area contributed by atoms with Gasteiger partial charge >= 0.3 is 0 Å². The third-order valence-electron chi connectivity index (χ3n) is 5.48. The number of aromatic nitrogens is 1. The molecule has 0 spiro atoms. The fourth-order valence-electron chi connectivity index (χ4n) is 3.92. The van der Waals surface area contributed by atoms with Crippen LogP contribution in [0.3, 0.4) is 0 Å². The van der Waals surface area contributed by atoms with Gasteiger partial charge in [-0.25, -0.2) is 0 Å². The minimum Gasteiger partial charge on any atom is -0.491 e. The van der Waals surface area contributed by atoms with Gasteiger partial charge in [0.2, 0.25) is 5.12 Å². The summed E-state index contributed by atoms with van der Waals surface area (Å²) in [4.78, 5) is 29.8. The summed E-state index contributed by atoms with van der Waals surface area (Å²) in [5, 5.41) is 2.28. The number of hydrogen-bond donors (Lipinski definition) is 1. The fraction of sp³-hybridized carbons (Fsp3) is 0.318. The summed E-state index contributed by atoms with van der Waals surface area (Å²) in [6.45, 7) is 1.45. The number of hydrogen-bond acceptors (Lipinski definition) is 7. The van der Waals surface area contributed by atoms with Gasteiger partial charge in [-0.05, 0) is 42.7 Å². The van der Waals surface area contributed by atoms with Crippen LogP contribution in [0.1, 0.15) is 18.4 Å². The number of oxazole rings is 1. The number of amides is 1. The predicted molar refractivity (Wildman–Crippen MR) is 115 cm³/mol. The smallest absolute Gasteiger partial charge is 0.298 e. The van der Waals surface area contributed by atoms with Gasteiger partial charge in [-0.15, -0.1) is 0 Å². The van der Waals surface area contributed by atoms with Gasteiger partial charge in [-0.3, -0.25) is 9.59 Å². The average molecular weight is 423 g/mol. The Morgan fingerprint density at radius 1 is 1.17 bits per heavy atom. The molecule has 154 valence electrons. The highest BCUT2D eigenvalue weighted by Gasteiger charge is 2.31. The Morgan fingerprint density at radius 3 is 2.77 bits per heavy atom. The molecule has 2 fully saturated rings. The standard InChI is InChI=1S/C22H21N3O4S/c26-20-18(24-22(27)30-20)12-14-7-9-16(10-8-14)28-13-15-4-3-11-25(15)21-23-17-5-1-2-6-19(17)29-21/h1-2,5-10,15,18H,3-4,11-13H2,(H,24,27)/t15-,18?/m0/s1. The zero-order chi connectivity index (χ0) is 20.5. The first-order valence-electron chi connectivity index (χ1n) is 10.0. The molecule has 2 saturated heterocycles. The first-order chi connectivity index (χ1) is 14.7. The summed E-state index contributed by atoms with van der Waals surface area (Å²) in [5.41, 5.74) is 2.65. The van der Waals surface area contributed by atoms with Crippen LogP contribution < -0.4 is 15.0 Å². The van der Waals surface area contributed by atoms with Crippen LogP contribution in [0.5, 0.6) is 5.75 Å². The lowest BCUT2D eigenvalue weighted by Gasteiger charge is -2.23. The van der Waals surface area contributed by atoms with Crippen molar-refractivity contribution in [3.63, 3.8) is 0 Å². The molecule has 2 aliphatic rings. The molecule has 1 amide bonds. The van der Waals surface area contributed by atoms with Gasteiger partial charge < -0.3 is 19.4 Å². The lowest BCUT2D eigenvalue weighted by molar-refractivity contribution is -0.112. The quantitative estimate of drug-likeness (QED) is 0.646. The maximum absolute atomic E-state index is 11.7. The monoisotopic (exact) mass is 423 g/mol. The lowest BCUT2D eigenvalue weighted by atomic mass is 10.1. The molecule has 0 aliphatic carbocycles. The molecule has 2 aromatic carbocycles. The molecule has 8 heteroatoms. The van der Waals surface area contributed by atoms with Gasteiger partial charge in [-0.2, -0.15) is 4.98 Å². The Bertz CT molecular complexity index is 1050. The van der Waals surface area contributed by atoms with Crippen LogP contribution in [-0.4, -0.2) is 40.6 Å². The summed E-state index contributed by atoms with van der Waals surface area (Å²) in [5.74, 6) is 0.777. The lowest BCUT2D eigenvalue weighted by Crippen LogP contribution is -2.34. The molecule has 1 aromatic heterocycles. The van der Waals surface area contributed by atoms with Crippen molar-refractivity contribution >= 4 is 39.2 Å². The van der Waals surface area contributed by atoms with E-state index in [1.165, 1.54) is 0 Å². The van der Waals surface area contributed by atoms with E-state index in [1.807, 2.05) is 48.5 Å². The normalized spacial score (nSPS) is 21.4. The van der Waals surface area contributed by atoms with Gasteiger partial charge in [0, 0.05) is 24.7 Å². The molecular weight excluding hydrogens is 402 g/mol. The van der Waals surface area contributed by atoms with Crippen molar-refractivity contribution in [1.29, 1.82) is 0 Å². The van der Waals surface area contributed by atoms with Crippen molar-refractivity contribution in [3.05, 3.63) is 54.1 Å². The third-order valence-corrected chi connectivity index (χ3v) is 6.27. The Kier molecular flexibility index (Phi) is 5.08. The molecule has 1 N–H and O–H groups in total. The highest BCUT2D eigenvalue weighted by Crippen LogP contribution is 2.29. The number of carbonyl (C=O) groups excluding carboxylic acids is 2. The van der Waals surface area contributed by atoms with E-state index in [2.05, 4.69) is 15.2 Å². The zero-order valence-corrected chi connectivity index (χ0v) is 17.1. The number of anilines is 1. The van der Waals surface area contributed by atoms with Crippen LogP contribution in [0.25, 0.3) is 11.1 Å². The number of thioether (sulfide) groups is 1.